The highest BCUT2D eigenvalue weighted by molar-refractivity contribution is 5.83. The van der Waals surface area contributed by atoms with Crippen molar-refractivity contribution in [3.8, 4) is 5.75 Å². The number of nitrogens with one attached hydrogen (secondary N) is 1. The summed E-state index contributed by atoms with van der Waals surface area (Å²) in [5, 5.41) is 2.68. The van der Waals surface area contributed by atoms with E-state index in [2.05, 4.69) is 10.3 Å². The van der Waals surface area contributed by atoms with Crippen molar-refractivity contribution in [2.24, 2.45) is 5.92 Å². The van der Waals surface area contributed by atoms with Gasteiger partial charge in [0.15, 0.2) is 0 Å². The quantitative estimate of drug-likeness (QED) is 0.804. The van der Waals surface area contributed by atoms with Crippen molar-refractivity contribution in [3.63, 3.8) is 0 Å². The van der Waals surface area contributed by atoms with Crippen LogP contribution in [0, 0.1) is 5.92 Å². The fourth-order valence-electron chi connectivity index (χ4n) is 1.88. The molecular formula is C15H23N3O4. The summed E-state index contributed by atoms with van der Waals surface area (Å²) in [6.07, 6.45) is 3.25. The number of ether oxygens (including phenoxy) is 2. The van der Waals surface area contributed by atoms with E-state index in [1.807, 2.05) is 13.8 Å². The van der Waals surface area contributed by atoms with E-state index in [1.54, 1.807) is 32.6 Å². The van der Waals surface area contributed by atoms with Crippen LogP contribution in [0.3, 0.4) is 0 Å². The second-order valence-corrected chi connectivity index (χ2v) is 5.28. The predicted molar refractivity (Wildman–Crippen MR) is 81.4 cm³/mol. The van der Waals surface area contributed by atoms with E-state index in [0.717, 1.165) is 5.56 Å². The molecule has 122 valence electrons. The summed E-state index contributed by atoms with van der Waals surface area (Å²) in [5.41, 5.74) is 0.830. The van der Waals surface area contributed by atoms with Crippen LogP contribution in [-0.2, 0) is 16.1 Å². The lowest BCUT2D eigenvalue weighted by Crippen LogP contribution is -2.49. The molecule has 0 aromatic carbocycles. The number of methoxy groups -OCH3 is 2. The van der Waals surface area contributed by atoms with Gasteiger partial charge in [-0.2, -0.15) is 0 Å². The molecule has 0 radical (unpaired) electrons. The van der Waals surface area contributed by atoms with Gasteiger partial charge in [-0.3, -0.25) is 4.98 Å². The number of hydrogen-bond donors (Lipinski definition) is 1. The van der Waals surface area contributed by atoms with Crippen LogP contribution in [0.15, 0.2) is 18.5 Å². The van der Waals surface area contributed by atoms with Crippen LogP contribution >= 0.6 is 0 Å². The first kappa shape index (κ1) is 17.7. The number of rotatable bonds is 6. The molecule has 1 aromatic heterocycles. The minimum absolute atomic E-state index is 0.0664. The standard InChI is InChI=1S/C15H23N3O4/c1-10(2)13(14(19)22-5)17-15(20)18(3)9-11-6-12(21-4)8-16-7-11/h6-8,10,13H,9H2,1-5H3,(H,17,20)/t13-/m0/s1. The Balaban J connectivity index is 2.69. The maximum absolute atomic E-state index is 12.2. The number of esters is 1. The zero-order chi connectivity index (χ0) is 16.7. The van der Waals surface area contributed by atoms with Gasteiger partial charge >= 0.3 is 12.0 Å². The molecule has 1 N–H and O–H groups in total. The fourth-order valence-corrected chi connectivity index (χ4v) is 1.88. The Labute approximate surface area is 130 Å². The lowest BCUT2D eigenvalue weighted by Gasteiger charge is -2.24. The molecule has 0 spiro atoms. The molecule has 7 nitrogen and oxygen atoms in total. The first-order valence-electron chi connectivity index (χ1n) is 6.96. The number of pyridine rings is 1. The molecule has 22 heavy (non-hydrogen) atoms. The molecule has 0 saturated carbocycles. The van der Waals surface area contributed by atoms with Crippen LogP contribution in [0.1, 0.15) is 19.4 Å². The van der Waals surface area contributed by atoms with E-state index in [9.17, 15) is 9.59 Å². The van der Waals surface area contributed by atoms with Crippen LogP contribution in [-0.4, -0.2) is 49.2 Å². The molecule has 1 atom stereocenters. The third-order valence-electron chi connectivity index (χ3n) is 3.17. The van der Waals surface area contributed by atoms with E-state index in [0.29, 0.717) is 12.3 Å². The van der Waals surface area contributed by atoms with Gasteiger partial charge in [0.1, 0.15) is 11.8 Å². The van der Waals surface area contributed by atoms with Crippen molar-refractivity contribution in [1.29, 1.82) is 0 Å². The van der Waals surface area contributed by atoms with Crippen molar-refractivity contribution in [2.75, 3.05) is 21.3 Å². The van der Waals surface area contributed by atoms with Gasteiger partial charge in [0, 0.05) is 19.8 Å². The van der Waals surface area contributed by atoms with Gasteiger partial charge < -0.3 is 19.7 Å². The summed E-state index contributed by atoms with van der Waals surface area (Å²) in [5.74, 6) is 0.101. The number of hydrogen-bond acceptors (Lipinski definition) is 5. The van der Waals surface area contributed by atoms with Gasteiger partial charge in [0.25, 0.3) is 0 Å². The largest absolute Gasteiger partial charge is 0.495 e. The molecule has 2 amide bonds. The third-order valence-corrected chi connectivity index (χ3v) is 3.17. The van der Waals surface area contributed by atoms with Gasteiger partial charge in [0.05, 0.1) is 20.4 Å². The van der Waals surface area contributed by atoms with E-state index < -0.39 is 12.0 Å². The Morgan fingerprint density at radius 1 is 1.32 bits per heavy atom. The molecule has 1 rings (SSSR count). The van der Waals surface area contributed by atoms with Crippen molar-refractivity contribution in [1.82, 2.24) is 15.2 Å². The molecule has 7 heteroatoms. The van der Waals surface area contributed by atoms with Gasteiger partial charge in [-0.25, -0.2) is 9.59 Å². The van der Waals surface area contributed by atoms with Gasteiger partial charge in [0.2, 0.25) is 0 Å². The monoisotopic (exact) mass is 309 g/mol. The maximum Gasteiger partial charge on any atom is 0.328 e. The Kier molecular flexibility index (Phi) is 6.62. The highest BCUT2D eigenvalue weighted by Crippen LogP contribution is 2.12. The molecule has 1 aromatic rings. The molecule has 0 aliphatic heterocycles. The lowest BCUT2D eigenvalue weighted by atomic mass is 10.1. The van der Waals surface area contributed by atoms with Crippen molar-refractivity contribution >= 4 is 12.0 Å². The molecule has 0 saturated heterocycles. The second-order valence-electron chi connectivity index (χ2n) is 5.28. The SMILES string of the molecule is COC(=O)[C@@H](NC(=O)N(C)Cc1cncc(OC)c1)C(C)C. The smallest absolute Gasteiger partial charge is 0.328 e. The van der Waals surface area contributed by atoms with Crippen LogP contribution in [0.4, 0.5) is 4.79 Å². The summed E-state index contributed by atoms with van der Waals surface area (Å²) < 4.78 is 9.80. The normalized spacial score (nSPS) is 11.7. The maximum atomic E-state index is 12.2. The first-order valence-corrected chi connectivity index (χ1v) is 6.96. The second kappa shape index (κ2) is 8.21. The van der Waals surface area contributed by atoms with Gasteiger partial charge in [-0.15, -0.1) is 0 Å². The number of nitrogens with zero attached hydrogens (tertiary/aromatic N) is 2. The van der Waals surface area contributed by atoms with Gasteiger partial charge in [-0.05, 0) is 17.5 Å². The van der Waals surface area contributed by atoms with Crippen LogP contribution in [0.2, 0.25) is 0 Å². The highest BCUT2D eigenvalue weighted by Gasteiger charge is 2.26. The third kappa shape index (κ3) is 4.91. The molecule has 0 fully saturated rings. The minimum Gasteiger partial charge on any atom is -0.495 e. The van der Waals surface area contributed by atoms with E-state index >= 15 is 0 Å². The Morgan fingerprint density at radius 3 is 2.55 bits per heavy atom. The van der Waals surface area contributed by atoms with Crippen molar-refractivity contribution < 1.29 is 19.1 Å². The molecule has 0 aliphatic rings. The molecule has 0 unspecified atom stereocenters. The lowest BCUT2D eigenvalue weighted by molar-refractivity contribution is -0.144. The van der Waals surface area contributed by atoms with Crippen LogP contribution in [0.5, 0.6) is 5.75 Å². The number of urea groups is 1. The zero-order valence-electron chi connectivity index (χ0n) is 13.6. The van der Waals surface area contributed by atoms with Crippen LogP contribution in [0.25, 0.3) is 0 Å². The average molecular weight is 309 g/mol. The van der Waals surface area contributed by atoms with Crippen LogP contribution < -0.4 is 10.1 Å². The first-order chi connectivity index (χ1) is 10.4. The topological polar surface area (TPSA) is 80.8 Å². The van der Waals surface area contributed by atoms with Crippen molar-refractivity contribution in [2.45, 2.75) is 26.4 Å². The predicted octanol–water partition coefficient (Wildman–Crippen LogP) is 1.43. The van der Waals surface area contributed by atoms with E-state index in [1.165, 1.54) is 12.0 Å². The number of carbonyl (C=O) groups is 2. The summed E-state index contributed by atoms with van der Waals surface area (Å²) in [6, 6.07) is 0.770. The molecular weight excluding hydrogens is 286 g/mol. The number of carbonyl (C=O) groups excluding carboxylic acids is 2. The van der Waals surface area contributed by atoms with E-state index in [-0.39, 0.29) is 11.9 Å². The highest BCUT2D eigenvalue weighted by atomic mass is 16.5. The molecule has 0 aliphatic carbocycles. The zero-order valence-corrected chi connectivity index (χ0v) is 13.6. The summed E-state index contributed by atoms with van der Waals surface area (Å²) in [6.45, 7) is 4.03. The Hall–Kier alpha value is -2.31. The summed E-state index contributed by atoms with van der Waals surface area (Å²) in [7, 11) is 4.50. The summed E-state index contributed by atoms with van der Waals surface area (Å²) in [4.78, 5) is 29.4. The fraction of sp³-hybridized carbons (Fsp3) is 0.533. The Bertz CT molecular complexity index is 519. The number of aromatic nitrogens is 1. The average Bonchev–Trinajstić information content (AvgIpc) is 2.51. The molecule has 0 bridgehead atoms. The van der Waals surface area contributed by atoms with Crippen molar-refractivity contribution in [3.05, 3.63) is 24.0 Å². The summed E-state index contributed by atoms with van der Waals surface area (Å²) >= 11 is 0. The Morgan fingerprint density at radius 2 is 2.00 bits per heavy atom. The minimum atomic E-state index is -0.677. The number of amides is 2. The molecule has 1 heterocycles. The van der Waals surface area contributed by atoms with Gasteiger partial charge in [-0.1, -0.05) is 13.8 Å². The van der Waals surface area contributed by atoms with E-state index in [4.69, 9.17) is 9.47 Å².